The summed E-state index contributed by atoms with van der Waals surface area (Å²) in [6.45, 7) is 5.30. The van der Waals surface area contributed by atoms with Crippen LogP contribution in [0.5, 0.6) is 0 Å². The third-order valence-electron chi connectivity index (χ3n) is 3.34. The van der Waals surface area contributed by atoms with E-state index in [9.17, 15) is 13.2 Å². The minimum absolute atomic E-state index is 0.218. The van der Waals surface area contributed by atoms with Gasteiger partial charge in [0, 0.05) is 27.2 Å². The average Bonchev–Trinajstić information content (AvgIpc) is 2.56. The number of sulfonamides is 1. The molecule has 8 heteroatoms. The number of carbonyl (C=O) groups excluding carboxylic acids is 1. The largest absolute Gasteiger partial charge is 0.379 e. The standard InChI is InChI=1S/C16H26N2O5S/c1-5-22-10-11-23-13(2)16(19)17-12-14-6-8-15(9-7-14)24(20,21)18(3)4/h6-9,13H,5,10-12H2,1-4H3,(H,17,19). The highest BCUT2D eigenvalue weighted by atomic mass is 32.2. The Hall–Kier alpha value is -1.48. The van der Waals surface area contributed by atoms with Crippen LogP contribution < -0.4 is 5.32 Å². The van der Waals surface area contributed by atoms with Crippen molar-refractivity contribution in [2.45, 2.75) is 31.4 Å². The van der Waals surface area contributed by atoms with E-state index in [-0.39, 0.29) is 10.8 Å². The molecule has 0 saturated heterocycles. The van der Waals surface area contributed by atoms with Crippen LogP contribution in [-0.4, -0.2) is 58.7 Å². The molecule has 1 amide bonds. The Morgan fingerprint density at radius 3 is 2.38 bits per heavy atom. The molecule has 24 heavy (non-hydrogen) atoms. The van der Waals surface area contributed by atoms with Gasteiger partial charge in [0.25, 0.3) is 0 Å². The van der Waals surface area contributed by atoms with Crippen LogP contribution >= 0.6 is 0 Å². The molecule has 7 nitrogen and oxygen atoms in total. The third-order valence-corrected chi connectivity index (χ3v) is 5.17. The molecule has 0 aliphatic heterocycles. The normalized spacial score (nSPS) is 13.0. The summed E-state index contributed by atoms with van der Waals surface area (Å²) < 4.78 is 35.6. The molecule has 1 aromatic rings. The second-order valence-electron chi connectivity index (χ2n) is 5.36. The van der Waals surface area contributed by atoms with Gasteiger partial charge in [0.15, 0.2) is 0 Å². The Labute approximate surface area is 144 Å². The highest BCUT2D eigenvalue weighted by molar-refractivity contribution is 7.89. The SMILES string of the molecule is CCOCCOC(C)C(=O)NCc1ccc(S(=O)(=O)N(C)C)cc1. The van der Waals surface area contributed by atoms with Crippen LogP contribution in [0, 0.1) is 0 Å². The van der Waals surface area contributed by atoms with Gasteiger partial charge >= 0.3 is 0 Å². The number of carbonyl (C=O) groups is 1. The van der Waals surface area contributed by atoms with Crippen molar-refractivity contribution in [1.29, 1.82) is 0 Å². The van der Waals surface area contributed by atoms with Gasteiger partial charge in [0.1, 0.15) is 6.10 Å². The summed E-state index contributed by atoms with van der Waals surface area (Å²) >= 11 is 0. The number of rotatable bonds is 10. The maximum Gasteiger partial charge on any atom is 0.249 e. The van der Waals surface area contributed by atoms with E-state index in [0.717, 1.165) is 9.87 Å². The molecule has 1 N–H and O–H groups in total. The molecule has 1 unspecified atom stereocenters. The van der Waals surface area contributed by atoms with E-state index >= 15 is 0 Å². The lowest BCUT2D eigenvalue weighted by Crippen LogP contribution is -2.34. The summed E-state index contributed by atoms with van der Waals surface area (Å²) in [6, 6.07) is 6.41. The minimum atomic E-state index is -3.44. The Kier molecular flexibility index (Phi) is 8.34. The first-order chi connectivity index (χ1) is 11.3. The van der Waals surface area contributed by atoms with E-state index in [4.69, 9.17) is 9.47 Å². The predicted molar refractivity (Wildman–Crippen MR) is 91.1 cm³/mol. The van der Waals surface area contributed by atoms with Crippen molar-refractivity contribution >= 4 is 15.9 Å². The molecular weight excluding hydrogens is 332 g/mol. The Morgan fingerprint density at radius 1 is 1.21 bits per heavy atom. The van der Waals surface area contributed by atoms with Crippen molar-refractivity contribution in [3.63, 3.8) is 0 Å². The van der Waals surface area contributed by atoms with Gasteiger partial charge in [-0.15, -0.1) is 0 Å². The second kappa shape index (κ2) is 9.73. The number of amides is 1. The molecule has 0 bridgehead atoms. The summed E-state index contributed by atoms with van der Waals surface area (Å²) in [5.41, 5.74) is 0.808. The van der Waals surface area contributed by atoms with Crippen LogP contribution in [0.3, 0.4) is 0 Å². The zero-order chi connectivity index (χ0) is 18.2. The molecule has 0 radical (unpaired) electrons. The number of benzene rings is 1. The van der Waals surface area contributed by atoms with E-state index in [1.165, 1.54) is 26.2 Å². The molecule has 0 fully saturated rings. The maximum atomic E-state index is 12.0. The average molecular weight is 358 g/mol. The molecule has 136 valence electrons. The van der Waals surface area contributed by atoms with E-state index in [1.807, 2.05) is 6.92 Å². The fourth-order valence-electron chi connectivity index (χ4n) is 1.83. The van der Waals surface area contributed by atoms with Gasteiger partial charge in [-0.2, -0.15) is 0 Å². The van der Waals surface area contributed by atoms with Crippen LogP contribution in [0.4, 0.5) is 0 Å². The maximum absolute atomic E-state index is 12.0. The molecule has 0 aromatic heterocycles. The molecule has 0 aliphatic carbocycles. The van der Waals surface area contributed by atoms with Gasteiger partial charge in [-0.25, -0.2) is 12.7 Å². The fraction of sp³-hybridized carbons (Fsp3) is 0.562. The molecule has 0 spiro atoms. The summed E-state index contributed by atoms with van der Waals surface area (Å²) in [7, 11) is -0.474. The van der Waals surface area contributed by atoms with Gasteiger partial charge < -0.3 is 14.8 Å². The van der Waals surface area contributed by atoms with Crippen molar-refractivity contribution in [3.8, 4) is 0 Å². The Bertz CT molecular complexity index is 614. The van der Waals surface area contributed by atoms with Crippen molar-refractivity contribution in [1.82, 2.24) is 9.62 Å². The lowest BCUT2D eigenvalue weighted by atomic mass is 10.2. The van der Waals surface area contributed by atoms with Crippen LogP contribution in [0.2, 0.25) is 0 Å². The highest BCUT2D eigenvalue weighted by Gasteiger charge is 2.17. The Balaban J connectivity index is 2.49. The van der Waals surface area contributed by atoms with Gasteiger partial charge in [-0.1, -0.05) is 12.1 Å². The monoisotopic (exact) mass is 358 g/mol. The van der Waals surface area contributed by atoms with Gasteiger partial charge in [-0.05, 0) is 31.5 Å². The molecule has 0 aliphatic rings. The van der Waals surface area contributed by atoms with E-state index in [2.05, 4.69) is 5.32 Å². The quantitative estimate of drug-likeness (QED) is 0.631. The van der Waals surface area contributed by atoms with Crippen molar-refractivity contribution in [2.75, 3.05) is 33.9 Å². The van der Waals surface area contributed by atoms with E-state index in [1.54, 1.807) is 19.1 Å². The number of hydrogen-bond acceptors (Lipinski definition) is 5. The summed E-state index contributed by atoms with van der Waals surface area (Å²) in [5, 5.41) is 2.76. The third kappa shape index (κ3) is 6.20. The van der Waals surface area contributed by atoms with Gasteiger partial charge in [0.05, 0.1) is 18.1 Å². The second-order valence-corrected chi connectivity index (χ2v) is 7.51. The van der Waals surface area contributed by atoms with Gasteiger partial charge in [0.2, 0.25) is 15.9 Å². The van der Waals surface area contributed by atoms with Crippen molar-refractivity contribution in [2.24, 2.45) is 0 Å². The number of hydrogen-bond donors (Lipinski definition) is 1. The number of nitrogens with one attached hydrogen (secondary N) is 1. The molecule has 1 rings (SSSR count). The van der Waals surface area contributed by atoms with Crippen LogP contribution in [0.15, 0.2) is 29.2 Å². The van der Waals surface area contributed by atoms with Crippen molar-refractivity contribution < 1.29 is 22.7 Å². The van der Waals surface area contributed by atoms with Crippen LogP contribution in [0.25, 0.3) is 0 Å². The lowest BCUT2D eigenvalue weighted by molar-refractivity contribution is -0.132. The van der Waals surface area contributed by atoms with Gasteiger partial charge in [-0.3, -0.25) is 4.79 Å². The fourth-order valence-corrected chi connectivity index (χ4v) is 2.73. The summed E-state index contributed by atoms with van der Waals surface area (Å²) in [4.78, 5) is 12.1. The van der Waals surface area contributed by atoms with Crippen LogP contribution in [-0.2, 0) is 30.8 Å². The molecule has 1 atom stereocenters. The highest BCUT2D eigenvalue weighted by Crippen LogP contribution is 2.13. The topological polar surface area (TPSA) is 84.9 Å². The van der Waals surface area contributed by atoms with E-state index in [0.29, 0.717) is 26.4 Å². The number of nitrogens with zero attached hydrogens (tertiary/aromatic N) is 1. The Morgan fingerprint density at radius 2 is 1.83 bits per heavy atom. The molecule has 1 aromatic carbocycles. The zero-order valence-electron chi connectivity index (χ0n) is 14.6. The first kappa shape index (κ1) is 20.6. The van der Waals surface area contributed by atoms with E-state index < -0.39 is 16.1 Å². The van der Waals surface area contributed by atoms with Crippen molar-refractivity contribution in [3.05, 3.63) is 29.8 Å². The summed E-state index contributed by atoms with van der Waals surface area (Å²) in [5.74, 6) is -0.225. The molecule has 0 saturated carbocycles. The first-order valence-electron chi connectivity index (χ1n) is 7.77. The first-order valence-corrected chi connectivity index (χ1v) is 9.21. The molecule has 0 heterocycles. The smallest absolute Gasteiger partial charge is 0.249 e. The number of ether oxygens (including phenoxy) is 2. The minimum Gasteiger partial charge on any atom is -0.379 e. The van der Waals surface area contributed by atoms with Crippen LogP contribution in [0.1, 0.15) is 19.4 Å². The zero-order valence-corrected chi connectivity index (χ0v) is 15.4. The predicted octanol–water partition coefficient (Wildman–Crippen LogP) is 0.995. The summed E-state index contributed by atoms with van der Waals surface area (Å²) in [6.07, 6.45) is -0.571. The lowest BCUT2D eigenvalue weighted by Gasteiger charge is -2.14. The molecular formula is C16H26N2O5S.